The molecule has 1 fully saturated rings. The van der Waals surface area contributed by atoms with Gasteiger partial charge in [-0.1, -0.05) is 12.1 Å². The second-order valence-electron chi connectivity index (χ2n) is 2.93. The zero-order chi connectivity index (χ0) is 7.97. The van der Waals surface area contributed by atoms with Gasteiger partial charge in [0, 0.05) is 6.54 Å². The Morgan fingerprint density at radius 2 is 1.83 bits per heavy atom. The van der Waals surface area contributed by atoms with Gasteiger partial charge in [0.15, 0.2) is 0 Å². The van der Waals surface area contributed by atoms with Crippen LogP contribution in [0.15, 0.2) is 24.3 Å². The molecule has 0 aliphatic carbocycles. The van der Waals surface area contributed by atoms with E-state index >= 15 is 0 Å². The molecule has 1 aliphatic heterocycles. The van der Waals surface area contributed by atoms with Gasteiger partial charge in [-0.05, 0) is 12.1 Å². The number of aromatic nitrogens is 3. The molecule has 2 aromatic rings. The third-order valence-electron chi connectivity index (χ3n) is 1.97. The van der Waals surface area contributed by atoms with Gasteiger partial charge in [-0.3, -0.25) is 5.32 Å². The van der Waals surface area contributed by atoms with E-state index in [-0.39, 0.29) is 0 Å². The number of hydrogen-bond acceptors (Lipinski definition) is 3. The fraction of sp³-hybridized carbons (Fsp3) is 0.250. The summed E-state index contributed by atoms with van der Waals surface area (Å²) >= 11 is 0. The van der Waals surface area contributed by atoms with Crippen molar-refractivity contribution in [1.82, 2.24) is 20.3 Å². The molecule has 12 heavy (non-hydrogen) atoms. The number of hydrogen-bond donors (Lipinski definition) is 1. The van der Waals surface area contributed by atoms with Gasteiger partial charge in [-0.15, -0.1) is 0 Å². The molecule has 4 nitrogen and oxygen atoms in total. The fourth-order valence-corrected chi connectivity index (χ4v) is 1.23. The van der Waals surface area contributed by atoms with E-state index in [9.17, 15) is 0 Å². The first-order chi connectivity index (χ1) is 5.93. The van der Waals surface area contributed by atoms with Gasteiger partial charge in [-0.25, -0.2) is 0 Å². The van der Waals surface area contributed by atoms with Gasteiger partial charge in [0.25, 0.3) is 0 Å². The zero-order valence-electron chi connectivity index (χ0n) is 6.44. The molecule has 1 N–H and O–H groups in total. The molecular formula is C8H8N4. The number of fused-ring (bicyclic) bond motifs is 1. The van der Waals surface area contributed by atoms with E-state index in [0.29, 0.717) is 6.17 Å². The molecule has 1 aromatic heterocycles. The van der Waals surface area contributed by atoms with Gasteiger partial charge in [0.05, 0.1) is 0 Å². The lowest BCUT2D eigenvalue weighted by Gasteiger charge is -1.87. The van der Waals surface area contributed by atoms with Crippen LogP contribution in [0.1, 0.15) is 6.17 Å². The van der Waals surface area contributed by atoms with Crippen molar-refractivity contribution in [3.8, 4) is 0 Å². The molecule has 0 saturated carbocycles. The lowest BCUT2D eigenvalue weighted by molar-refractivity contribution is 0.554. The Morgan fingerprint density at radius 1 is 1.25 bits per heavy atom. The van der Waals surface area contributed by atoms with Crippen molar-refractivity contribution in [3.63, 3.8) is 0 Å². The standard InChI is InChI=1S/C8H8N4/c1-2-4-7-6(3-1)10-12(11-7)8-5-9-8/h1-4,8-9H,5H2. The summed E-state index contributed by atoms with van der Waals surface area (Å²) in [7, 11) is 0. The third kappa shape index (κ3) is 0.816. The van der Waals surface area contributed by atoms with Crippen LogP contribution in [0.25, 0.3) is 11.0 Å². The highest BCUT2D eigenvalue weighted by atomic mass is 15.6. The van der Waals surface area contributed by atoms with Gasteiger partial charge < -0.3 is 0 Å². The summed E-state index contributed by atoms with van der Waals surface area (Å²) in [4.78, 5) is 1.74. The molecule has 0 radical (unpaired) electrons. The predicted molar refractivity (Wildman–Crippen MR) is 44.6 cm³/mol. The van der Waals surface area contributed by atoms with Crippen LogP contribution < -0.4 is 5.32 Å². The van der Waals surface area contributed by atoms with Crippen LogP contribution in [-0.2, 0) is 0 Å². The van der Waals surface area contributed by atoms with Crippen molar-refractivity contribution in [2.75, 3.05) is 6.54 Å². The highest BCUT2D eigenvalue weighted by Gasteiger charge is 2.24. The van der Waals surface area contributed by atoms with E-state index in [2.05, 4.69) is 15.5 Å². The van der Waals surface area contributed by atoms with Gasteiger partial charge in [0.1, 0.15) is 17.2 Å². The highest BCUT2D eigenvalue weighted by molar-refractivity contribution is 5.72. The largest absolute Gasteiger partial charge is 0.290 e. The van der Waals surface area contributed by atoms with E-state index < -0.39 is 0 Å². The Morgan fingerprint density at radius 3 is 2.33 bits per heavy atom. The van der Waals surface area contributed by atoms with Crippen molar-refractivity contribution < 1.29 is 0 Å². The first-order valence-corrected chi connectivity index (χ1v) is 3.98. The van der Waals surface area contributed by atoms with E-state index in [0.717, 1.165) is 17.6 Å². The van der Waals surface area contributed by atoms with Crippen molar-refractivity contribution in [3.05, 3.63) is 24.3 Å². The smallest absolute Gasteiger partial charge is 0.134 e. The maximum Gasteiger partial charge on any atom is 0.134 e. The zero-order valence-corrected chi connectivity index (χ0v) is 6.44. The van der Waals surface area contributed by atoms with E-state index in [1.807, 2.05) is 24.3 Å². The van der Waals surface area contributed by atoms with Crippen LogP contribution in [0.2, 0.25) is 0 Å². The molecule has 2 heterocycles. The maximum absolute atomic E-state index is 4.32. The fourth-order valence-electron chi connectivity index (χ4n) is 1.23. The van der Waals surface area contributed by atoms with Crippen LogP contribution in [0, 0.1) is 0 Å². The first kappa shape index (κ1) is 6.14. The lowest BCUT2D eigenvalue weighted by atomic mass is 10.3. The van der Waals surface area contributed by atoms with Crippen LogP contribution in [0.5, 0.6) is 0 Å². The number of benzene rings is 1. The Labute approximate surface area is 69.2 Å². The van der Waals surface area contributed by atoms with Crippen LogP contribution >= 0.6 is 0 Å². The summed E-state index contributed by atoms with van der Waals surface area (Å²) in [6, 6.07) is 7.89. The second kappa shape index (κ2) is 2.04. The number of nitrogens with one attached hydrogen (secondary N) is 1. The SMILES string of the molecule is c1ccc2nn(C3CN3)nc2c1. The molecule has 1 saturated heterocycles. The quantitative estimate of drug-likeness (QED) is 0.619. The van der Waals surface area contributed by atoms with Crippen molar-refractivity contribution in [2.24, 2.45) is 0 Å². The van der Waals surface area contributed by atoms with Crippen LogP contribution in [-0.4, -0.2) is 21.5 Å². The Hall–Kier alpha value is -1.42. The highest BCUT2D eigenvalue weighted by Crippen LogP contribution is 2.14. The molecular weight excluding hydrogens is 152 g/mol. The summed E-state index contributed by atoms with van der Waals surface area (Å²) in [6.07, 6.45) is 0.331. The molecule has 60 valence electrons. The summed E-state index contributed by atoms with van der Waals surface area (Å²) in [5.74, 6) is 0. The maximum atomic E-state index is 4.32. The Bertz CT molecular complexity index is 383. The molecule has 1 atom stereocenters. The lowest BCUT2D eigenvalue weighted by Crippen LogP contribution is -2.01. The average Bonchev–Trinajstić information content (AvgIpc) is 2.85. The van der Waals surface area contributed by atoms with Crippen molar-refractivity contribution >= 4 is 11.0 Å². The normalized spacial score (nSPS) is 21.5. The van der Waals surface area contributed by atoms with Crippen molar-refractivity contribution in [1.29, 1.82) is 0 Å². The third-order valence-corrected chi connectivity index (χ3v) is 1.97. The topological polar surface area (TPSA) is 52.7 Å². The molecule has 1 aliphatic rings. The Kier molecular flexibility index (Phi) is 1.04. The minimum atomic E-state index is 0.331. The monoisotopic (exact) mass is 160 g/mol. The molecule has 4 heteroatoms. The average molecular weight is 160 g/mol. The number of nitrogens with zero attached hydrogens (tertiary/aromatic N) is 3. The Balaban J connectivity index is 2.23. The predicted octanol–water partition coefficient (Wildman–Crippen LogP) is 0.533. The molecule has 1 unspecified atom stereocenters. The second-order valence-corrected chi connectivity index (χ2v) is 2.93. The summed E-state index contributed by atoms with van der Waals surface area (Å²) < 4.78 is 0. The molecule has 0 bridgehead atoms. The molecule has 0 amide bonds. The van der Waals surface area contributed by atoms with Gasteiger partial charge in [-0.2, -0.15) is 15.0 Å². The van der Waals surface area contributed by atoms with E-state index in [4.69, 9.17) is 0 Å². The van der Waals surface area contributed by atoms with E-state index in [1.165, 1.54) is 0 Å². The van der Waals surface area contributed by atoms with Crippen molar-refractivity contribution in [2.45, 2.75) is 6.17 Å². The molecule has 1 aromatic carbocycles. The summed E-state index contributed by atoms with van der Waals surface area (Å²) in [5.41, 5.74) is 1.93. The first-order valence-electron chi connectivity index (χ1n) is 3.98. The van der Waals surface area contributed by atoms with Crippen LogP contribution in [0.3, 0.4) is 0 Å². The van der Waals surface area contributed by atoms with Gasteiger partial charge in [0.2, 0.25) is 0 Å². The van der Waals surface area contributed by atoms with Gasteiger partial charge >= 0.3 is 0 Å². The number of rotatable bonds is 1. The molecule has 0 spiro atoms. The van der Waals surface area contributed by atoms with Crippen LogP contribution in [0.4, 0.5) is 0 Å². The van der Waals surface area contributed by atoms with E-state index in [1.54, 1.807) is 4.80 Å². The summed E-state index contributed by atoms with van der Waals surface area (Å²) in [6.45, 7) is 0.987. The minimum Gasteiger partial charge on any atom is -0.290 e. The summed E-state index contributed by atoms with van der Waals surface area (Å²) in [5, 5.41) is 11.8. The minimum absolute atomic E-state index is 0.331. The molecule has 3 rings (SSSR count).